The first-order valence-corrected chi connectivity index (χ1v) is 9.56. The van der Waals surface area contributed by atoms with Crippen molar-refractivity contribution in [3.8, 4) is 0 Å². The van der Waals surface area contributed by atoms with Crippen LogP contribution in [-0.4, -0.2) is 60.4 Å². The largest absolute Gasteiger partial charge is 0.444 e. The molecule has 1 saturated heterocycles. The summed E-state index contributed by atoms with van der Waals surface area (Å²) in [6, 6.07) is 0.150. The predicted octanol–water partition coefficient (Wildman–Crippen LogP) is 2.40. The van der Waals surface area contributed by atoms with Gasteiger partial charge in [-0.2, -0.15) is 0 Å². The van der Waals surface area contributed by atoms with Crippen LogP contribution in [-0.2, 0) is 11.2 Å². The third-order valence-corrected chi connectivity index (χ3v) is 4.49. The molecule has 8 heteroatoms. The molecule has 1 aromatic rings. The molecule has 0 aromatic carbocycles. The number of hydrogen-bond acceptors (Lipinski definition) is 5. The third-order valence-electron chi connectivity index (χ3n) is 4.49. The van der Waals surface area contributed by atoms with E-state index in [0.29, 0.717) is 6.54 Å². The fourth-order valence-electron chi connectivity index (χ4n) is 3.14. The smallest absolute Gasteiger partial charge is 0.410 e. The second kappa shape index (κ2) is 9.10. The molecule has 1 aromatic heterocycles. The lowest BCUT2D eigenvalue weighted by atomic mass is 10.1. The van der Waals surface area contributed by atoms with E-state index in [1.54, 1.807) is 11.9 Å². The van der Waals surface area contributed by atoms with Crippen molar-refractivity contribution < 1.29 is 14.1 Å². The van der Waals surface area contributed by atoms with Gasteiger partial charge in [0.05, 0.1) is 5.69 Å². The average Bonchev–Trinajstić information content (AvgIpc) is 2.91. The van der Waals surface area contributed by atoms with Crippen molar-refractivity contribution in [1.82, 2.24) is 20.7 Å². The molecule has 1 aliphatic heterocycles. The molecule has 1 fully saturated rings. The predicted molar refractivity (Wildman–Crippen MR) is 105 cm³/mol. The van der Waals surface area contributed by atoms with Crippen molar-refractivity contribution >= 4 is 12.1 Å². The lowest BCUT2D eigenvalue weighted by Gasteiger charge is -2.35. The zero-order chi connectivity index (χ0) is 20.0. The molecule has 2 heterocycles. The standard InChI is InChI=1S/C19H33N5O3/c1-13-16(14(2)27-23-13)9-10-21-17(20-6)22-15-8-7-11-24(12-15)18(25)26-19(3,4)5/h15H,7-12H2,1-6H3,(H2,20,21,22). The first kappa shape index (κ1) is 21.1. The molecular weight excluding hydrogens is 346 g/mol. The van der Waals surface area contributed by atoms with Crippen LogP contribution in [0.4, 0.5) is 4.79 Å². The van der Waals surface area contributed by atoms with Crippen molar-refractivity contribution in [3.05, 3.63) is 17.0 Å². The Morgan fingerprint density at radius 1 is 1.41 bits per heavy atom. The van der Waals surface area contributed by atoms with Gasteiger partial charge >= 0.3 is 6.09 Å². The van der Waals surface area contributed by atoms with Gasteiger partial charge in [0.25, 0.3) is 0 Å². The first-order valence-electron chi connectivity index (χ1n) is 9.56. The summed E-state index contributed by atoms with van der Waals surface area (Å²) in [6.07, 6.45) is 2.49. The minimum Gasteiger partial charge on any atom is -0.444 e. The van der Waals surface area contributed by atoms with E-state index in [0.717, 1.165) is 55.3 Å². The molecular formula is C19H33N5O3. The highest BCUT2D eigenvalue weighted by Crippen LogP contribution is 2.15. The molecule has 1 aliphatic rings. The molecule has 0 aliphatic carbocycles. The Morgan fingerprint density at radius 2 is 2.15 bits per heavy atom. The summed E-state index contributed by atoms with van der Waals surface area (Å²) < 4.78 is 10.7. The number of nitrogens with zero attached hydrogens (tertiary/aromatic N) is 3. The van der Waals surface area contributed by atoms with Gasteiger partial charge in [-0.05, 0) is 53.9 Å². The molecule has 2 rings (SSSR count). The highest BCUT2D eigenvalue weighted by Gasteiger charge is 2.28. The molecule has 0 radical (unpaired) electrons. The number of carbonyl (C=O) groups is 1. The lowest BCUT2D eigenvalue weighted by Crippen LogP contribution is -2.53. The molecule has 1 amide bonds. The van der Waals surface area contributed by atoms with Crippen molar-refractivity contribution in [3.63, 3.8) is 0 Å². The summed E-state index contributed by atoms with van der Waals surface area (Å²) in [6.45, 7) is 11.6. The average molecular weight is 380 g/mol. The van der Waals surface area contributed by atoms with Crippen molar-refractivity contribution in [2.75, 3.05) is 26.7 Å². The SMILES string of the molecule is CN=C(NCCc1c(C)noc1C)NC1CCCN(C(=O)OC(C)(C)C)C1. The van der Waals surface area contributed by atoms with Gasteiger partial charge in [0, 0.05) is 38.3 Å². The highest BCUT2D eigenvalue weighted by molar-refractivity contribution is 5.80. The van der Waals surface area contributed by atoms with Gasteiger partial charge < -0.3 is 24.8 Å². The minimum atomic E-state index is -0.479. The Kier molecular flexibility index (Phi) is 7.10. The Balaban J connectivity index is 1.82. The minimum absolute atomic E-state index is 0.150. The van der Waals surface area contributed by atoms with Gasteiger partial charge in [-0.15, -0.1) is 0 Å². The number of likely N-dealkylation sites (tertiary alicyclic amines) is 1. The topological polar surface area (TPSA) is 92.0 Å². The Morgan fingerprint density at radius 3 is 2.74 bits per heavy atom. The van der Waals surface area contributed by atoms with Crippen molar-refractivity contribution in [2.24, 2.45) is 4.99 Å². The number of amides is 1. The molecule has 27 heavy (non-hydrogen) atoms. The Hall–Kier alpha value is -2.25. The summed E-state index contributed by atoms with van der Waals surface area (Å²) in [5.41, 5.74) is 1.58. The number of aromatic nitrogens is 1. The molecule has 1 atom stereocenters. The van der Waals surface area contributed by atoms with E-state index in [1.165, 1.54) is 0 Å². The lowest BCUT2D eigenvalue weighted by molar-refractivity contribution is 0.0193. The van der Waals surface area contributed by atoms with Crippen LogP contribution in [0.3, 0.4) is 0 Å². The van der Waals surface area contributed by atoms with E-state index < -0.39 is 5.60 Å². The summed E-state index contributed by atoms with van der Waals surface area (Å²) in [7, 11) is 1.75. The van der Waals surface area contributed by atoms with Gasteiger partial charge in [-0.3, -0.25) is 4.99 Å². The Bertz CT molecular complexity index is 643. The van der Waals surface area contributed by atoms with E-state index in [-0.39, 0.29) is 12.1 Å². The number of nitrogens with one attached hydrogen (secondary N) is 2. The number of aliphatic imine (C=N–C) groups is 1. The zero-order valence-electron chi connectivity index (χ0n) is 17.4. The summed E-state index contributed by atoms with van der Waals surface area (Å²) in [5.74, 6) is 1.59. The molecule has 0 bridgehead atoms. The number of aryl methyl sites for hydroxylation is 2. The fraction of sp³-hybridized carbons (Fsp3) is 0.737. The highest BCUT2D eigenvalue weighted by atomic mass is 16.6. The molecule has 152 valence electrons. The second-order valence-corrected chi connectivity index (χ2v) is 7.96. The van der Waals surface area contributed by atoms with Crippen LogP contribution in [0, 0.1) is 13.8 Å². The van der Waals surface area contributed by atoms with Gasteiger partial charge in [0.15, 0.2) is 5.96 Å². The molecule has 0 spiro atoms. The number of hydrogen-bond donors (Lipinski definition) is 2. The number of rotatable bonds is 4. The van der Waals surface area contributed by atoms with E-state index in [4.69, 9.17) is 9.26 Å². The summed E-state index contributed by atoms with van der Waals surface area (Å²) in [4.78, 5) is 18.4. The molecule has 8 nitrogen and oxygen atoms in total. The van der Waals surface area contributed by atoms with Gasteiger partial charge in [-0.25, -0.2) is 4.79 Å². The zero-order valence-corrected chi connectivity index (χ0v) is 17.4. The van der Waals surface area contributed by atoms with Gasteiger partial charge in [0.2, 0.25) is 0 Å². The number of guanidine groups is 1. The summed E-state index contributed by atoms with van der Waals surface area (Å²) in [5, 5.41) is 10.7. The Labute approximate surface area is 161 Å². The molecule has 1 unspecified atom stereocenters. The van der Waals surface area contributed by atoms with E-state index in [1.807, 2.05) is 34.6 Å². The molecule has 2 N–H and O–H groups in total. The first-order chi connectivity index (χ1) is 12.7. The number of carbonyl (C=O) groups excluding carboxylic acids is 1. The monoisotopic (exact) mass is 379 g/mol. The van der Waals surface area contributed by atoms with Crippen LogP contribution in [0.2, 0.25) is 0 Å². The maximum absolute atomic E-state index is 12.3. The van der Waals surface area contributed by atoms with Crippen LogP contribution in [0.25, 0.3) is 0 Å². The van der Waals surface area contributed by atoms with E-state index in [9.17, 15) is 4.79 Å². The van der Waals surface area contributed by atoms with E-state index in [2.05, 4.69) is 20.8 Å². The van der Waals surface area contributed by atoms with Crippen LogP contribution in [0.5, 0.6) is 0 Å². The normalized spacial score (nSPS) is 18.4. The number of ether oxygens (including phenoxy) is 1. The van der Waals surface area contributed by atoms with Crippen LogP contribution in [0.15, 0.2) is 9.52 Å². The maximum atomic E-state index is 12.3. The number of piperidine rings is 1. The van der Waals surface area contributed by atoms with Crippen LogP contribution in [0.1, 0.15) is 50.6 Å². The van der Waals surface area contributed by atoms with Gasteiger partial charge in [0.1, 0.15) is 11.4 Å². The third kappa shape index (κ3) is 6.45. The molecule has 0 saturated carbocycles. The quantitative estimate of drug-likeness (QED) is 0.616. The fourth-order valence-corrected chi connectivity index (χ4v) is 3.14. The van der Waals surface area contributed by atoms with Crippen LogP contribution < -0.4 is 10.6 Å². The van der Waals surface area contributed by atoms with Crippen molar-refractivity contribution in [2.45, 2.75) is 65.5 Å². The van der Waals surface area contributed by atoms with E-state index >= 15 is 0 Å². The van der Waals surface area contributed by atoms with Crippen molar-refractivity contribution in [1.29, 1.82) is 0 Å². The summed E-state index contributed by atoms with van der Waals surface area (Å²) >= 11 is 0. The van der Waals surface area contributed by atoms with Crippen LogP contribution >= 0.6 is 0 Å². The second-order valence-electron chi connectivity index (χ2n) is 7.96. The maximum Gasteiger partial charge on any atom is 0.410 e. The van der Waals surface area contributed by atoms with Gasteiger partial charge in [-0.1, -0.05) is 5.16 Å².